The first-order valence-electron chi connectivity index (χ1n) is 2.01. The average molecular weight is 93.1 g/mol. The molecule has 0 spiro atoms. The highest BCUT2D eigenvalue weighted by atomic mass is 14.7. The summed E-state index contributed by atoms with van der Waals surface area (Å²) in [5, 5.41) is 6.96. The molecule has 0 unspecified atom stereocenters. The lowest BCUT2D eigenvalue weighted by Gasteiger charge is -1.80. The molecule has 0 saturated carbocycles. The van der Waals surface area contributed by atoms with Gasteiger partial charge < -0.3 is 0 Å². The molecule has 1 rings (SSSR count). The third kappa shape index (κ3) is 0.892. The highest BCUT2D eigenvalue weighted by molar-refractivity contribution is 6.12. The minimum absolute atomic E-state index is 0.509. The van der Waals surface area contributed by atoms with Gasteiger partial charge in [-0.3, -0.25) is 5.41 Å². The van der Waals surface area contributed by atoms with Crippen LogP contribution in [0.3, 0.4) is 0 Å². The predicted octanol–water partition coefficient (Wildman–Crippen LogP) is 0.809. The Morgan fingerprint density at radius 3 is 2.86 bits per heavy atom. The monoisotopic (exact) mass is 93.0 g/mol. The number of hydrogen-bond acceptors (Lipinski definition) is 2. The van der Waals surface area contributed by atoms with E-state index >= 15 is 0 Å². The third-order valence-corrected chi connectivity index (χ3v) is 0.680. The molecule has 0 radical (unpaired) electrons. The number of nitrogens with zero attached hydrogens (tertiary/aromatic N) is 1. The Morgan fingerprint density at radius 2 is 2.57 bits per heavy atom. The maximum atomic E-state index is 6.96. The van der Waals surface area contributed by atoms with Gasteiger partial charge in [0.2, 0.25) is 5.71 Å². The second-order valence-corrected chi connectivity index (χ2v) is 1.24. The van der Waals surface area contributed by atoms with Crippen LogP contribution in [0.25, 0.3) is 0 Å². The molecular formula is C5H5N2+. The number of rotatable bonds is 0. The van der Waals surface area contributed by atoms with Crippen molar-refractivity contribution < 1.29 is 0 Å². The van der Waals surface area contributed by atoms with Crippen LogP contribution < -0.4 is 0 Å². The lowest BCUT2D eigenvalue weighted by Crippen LogP contribution is -1.95. The van der Waals surface area contributed by atoms with Gasteiger partial charge in [-0.15, -0.1) is 0 Å². The van der Waals surface area contributed by atoms with Gasteiger partial charge in [-0.1, -0.05) is 0 Å². The van der Waals surface area contributed by atoms with Crippen LogP contribution in [-0.2, 0) is 0 Å². The number of hydrogen-bond donors (Lipinski definition) is 1. The van der Waals surface area contributed by atoms with Gasteiger partial charge in [-0.25, -0.2) is 4.99 Å². The van der Waals surface area contributed by atoms with Crippen LogP contribution in [0.15, 0.2) is 17.3 Å². The van der Waals surface area contributed by atoms with Crippen molar-refractivity contribution in [2.75, 3.05) is 0 Å². The van der Waals surface area contributed by atoms with Crippen LogP contribution >= 0.6 is 0 Å². The smallest absolute Gasteiger partial charge is 0.220 e. The maximum absolute atomic E-state index is 6.96. The van der Waals surface area contributed by atoms with E-state index in [9.17, 15) is 0 Å². The van der Waals surface area contributed by atoms with Crippen LogP contribution in [0, 0.1) is 11.8 Å². The quantitative estimate of drug-likeness (QED) is 0.430. The Labute approximate surface area is 42.1 Å². The third-order valence-electron chi connectivity index (χ3n) is 0.680. The molecular weight excluding hydrogens is 88.1 g/mol. The minimum Gasteiger partial charge on any atom is -0.262 e. The van der Waals surface area contributed by atoms with Gasteiger partial charge in [0.15, 0.2) is 0 Å². The van der Waals surface area contributed by atoms with Gasteiger partial charge >= 0.3 is 0 Å². The molecule has 0 aromatic rings. The van der Waals surface area contributed by atoms with Crippen molar-refractivity contribution in [1.82, 2.24) is 0 Å². The maximum Gasteiger partial charge on any atom is 0.220 e. The SMILES string of the molecule is N=C1C=CN=C[CH+]1. The standard InChI is InChI=1S/C5H5N2/c6-5-1-3-7-4-2-5/h1-4,6H/q+1. The lowest BCUT2D eigenvalue weighted by molar-refractivity contribution is 1.48. The Kier molecular flexibility index (Phi) is 0.941. The van der Waals surface area contributed by atoms with E-state index in [0.717, 1.165) is 0 Å². The molecule has 1 aliphatic rings. The van der Waals surface area contributed by atoms with E-state index in [-0.39, 0.29) is 0 Å². The van der Waals surface area contributed by atoms with Gasteiger partial charge in [0.25, 0.3) is 0 Å². The summed E-state index contributed by atoms with van der Waals surface area (Å²) < 4.78 is 0. The van der Waals surface area contributed by atoms with Crippen molar-refractivity contribution in [3.63, 3.8) is 0 Å². The first-order chi connectivity index (χ1) is 3.39. The fourth-order valence-electron chi connectivity index (χ4n) is 0.352. The van der Waals surface area contributed by atoms with Crippen LogP contribution in [0.4, 0.5) is 0 Å². The normalized spacial score (nSPS) is 16.9. The molecule has 2 heteroatoms. The molecule has 34 valence electrons. The van der Waals surface area contributed by atoms with Crippen molar-refractivity contribution >= 4 is 11.9 Å². The average Bonchev–Trinajstić information content (AvgIpc) is 1.69. The van der Waals surface area contributed by atoms with Gasteiger partial charge in [0.05, 0.1) is 0 Å². The Morgan fingerprint density at radius 1 is 1.71 bits per heavy atom. The van der Waals surface area contributed by atoms with Crippen molar-refractivity contribution in [2.45, 2.75) is 0 Å². The molecule has 0 saturated heterocycles. The molecule has 7 heavy (non-hydrogen) atoms. The first-order valence-corrected chi connectivity index (χ1v) is 2.01. The zero-order valence-electron chi connectivity index (χ0n) is 3.76. The molecule has 0 bridgehead atoms. The highest BCUT2D eigenvalue weighted by Crippen LogP contribution is 1.88. The van der Waals surface area contributed by atoms with Gasteiger partial charge in [0.1, 0.15) is 24.9 Å². The summed E-state index contributed by atoms with van der Waals surface area (Å²) in [4.78, 5) is 3.73. The molecule has 0 amide bonds. The molecule has 1 heterocycles. The zero-order valence-corrected chi connectivity index (χ0v) is 3.76. The topological polar surface area (TPSA) is 36.2 Å². The van der Waals surface area contributed by atoms with Crippen molar-refractivity contribution in [2.24, 2.45) is 4.99 Å². The first kappa shape index (κ1) is 4.12. The van der Waals surface area contributed by atoms with Gasteiger partial charge in [-0.05, 0) is 0 Å². The summed E-state index contributed by atoms with van der Waals surface area (Å²) in [6, 6.07) is 0. The van der Waals surface area contributed by atoms with Crippen LogP contribution in [0.2, 0.25) is 0 Å². The van der Waals surface area contributed by atoms with E-state index in [4.69, 9.17) is 5.41 Å². The molecule has 0 aromatic carbocycles. The molecule has 1 aliphatic heterocycles. The predicted molar refractivity (Wildman–Crippen MR) is 29.7 cm³/mol. The van der Waals surface area contributed by atoms with E-state index in [1.165, 1.54) is 0 Å². The highest BCUT2D eigenvalue weighted by Gasteiger charge is 2.00. The van der Waals surface area contributed by atoms with Gasteiger partial charge in [0, 0.05) is 0 Å². The fraction of sp³-hybridized carbons (Fsp3) is 0. The molecule has 1 N–H and O–H groups in total. The molecule has 2 nitrogen and oxygen atoms in total. The van der Waals surface area contributed by atoms with E-state index in [1.54, 1.807) is 24.9 Å². The van der Waals surface area contributed by atoms with E-state index in [1.807, 2.05) is 0 Å². The number of aliphatic imine (C=N–C) groups is 1. The van der Waals surface area contributed by atoms with Crippen LogP contribution in [-0.4, -0.2) is 11.9 Å². The number of allylic oxidation sites excluding steroid dienone is 1. The lowest BCUT2D eigenvalue weighted by atomic mass is 10.2. The van der Waals surface area contributed by atoms with Gasteiger partial charge in [-0.2, -0.15) is 0 Å². The van der Waals surface area contributed by atoms with Crippen molar-refractivity contribution in [3.8, 4) is 0 Å². The summed E-state index contributed by atoms with van der Waals surface area (Å²) in [7, 11) is 0. The van der Waals surface area contributed by atoms with Crippen LogP contribution in [0.1, 0.15) is 0 Å². The summed E-state index contributed by atoms with van der Waals surface area (Å²) in [6.45, 7) is 0. The minimum atomic E-state index is 0.509. The van der Waals surface area contributed by atoms with E-state index in [0.29, 0.717) is 5.71 Å². The molecule has 0 aliphatic carbocycles. The van der Waals surface area contributed by atoms with Crippen molar-refractivity contribution in [3.05, 3.63) is 18.7 Å². The number of nitrogens with one attached hydrogen (secondary N) is 1. The molecule has 0 fully saturated rings. The Bertz CT molecular complexity index is 133. The Hall–Kier alpha value is -1.05. The molecule has 0 atom stereocenters. The second-order valence-electron chi connectivity index (χ2n) is 1.24. The zero-order chi connectivity index (χ0) is 5.11. The largest absolute Gasteiger partial charge is 0.262 e. The summed E-state index contributed by atoms with van der Waals surface area (Å²) >= 11 is 0. The van der Waals surface area contributed by atoms with Crippen LogP contribution in [0.5, 0.6) is 0 Å². The summed E-state index contributed by atoms with van der Waals surface area (Å²) in [5.41, 5.74) is 0.509. The van der Waals surface area contributed by atoms with E-state index < -0.39 is 0 Å². The Balaban J connectivity index is 2.66. The van der Waals surface area contributed by atoms with E-state index in [2.05, 4.69) is 4.99 Å². The second kappa shape index (κ2) is 1.60. The summed E-state index contributed by atoms with van der Waals surface area (Å²) in [5.74, 6) is 0. The fourth-order valence-corrected chi connectivity index (χ4v) is 0.352. The van der Waals surface area contributed by atoms with Crippen molar-refractivity contribution in [1.29, 1.82) is 5.41 Å². The molecule has 0 aromatic heterocycles. The summed E-state index contributed by atoms with van der Waals surface area (Å²) in [6.07, 6.45) is 6.48.